The molecule has 1 aromatic carbocycles. The first-order chi connectivity index (χ1) is 9.66. The average Bonchev–Trinajstić information content (AvgIpc) is 2.42. The molecule has 2 N–H and O–H groups in total. The Kier molecular flexibility index (Phi) is 5.99. The van der Waals surface area contributed by atoms with E-state index in [9.17, 15) is 21.6 Å². The highest BCUT2D eigenvalue weighted by molar-refractivity contribution is 7.89. The zero-order valence-corrected chi connectivity index (χ0v) is 12.2. The highest BCUT2D eigenvalue weighted by Crippen LogP contribution is 2.23. The maximum atomic E-state index is 12.1. The van der Waals surface area contributed by atoms with Gasteiger partial charge < -0.3 is 10.5 Å². The molecule has 0 atom stereocenters. The van der Waals surface area contributed by atoms with Crippen LogP contribution in [0.4, 0.5) is 13.2 Å². The van der Waals surface area contributed by atoms with E-state index in [0.29, 0.717) is 16.6 Å². The predicted molar refractivity (Wildman–Crippen MR) is 71.5 cm³/mol. The number of benzene rings is 1. The summed E-state index contributed by atoms with van der Waals surface area (Å²) in [6.07, 6.45) is -5.59. The van der Waals surface area contributed by atoms with Gasteiger partial charge in [-0.3, -0.25) is 0 Å². The van der Waals surface area contributed by atoms with E-state index in [1.54, 1.807) is 0 Å². The molecule has 0 bridgehead atoms. The minimum absolute atomic E-state index is 0.0905. The second-order valence-corrected chi connectivity index (χ2v) is 6.35. The number of sulfonamides is 1. The van der Waals surface area contributed by atoms with Gasteiger partial charge in [-0.25, -0.2) is 12.7 Å². The Bertz CT molecular complexity index is 544. The van der Waals surface area contributed by atoms with Crippen LogP contribution in [0.25, 0.3) is 0 Å². The van der Waals surface area contributed by atoms with Crippen LogP contribution >= 0.6 is 0 Å². The first-order valence-corrected chi connectivity index (χ1v) is 7.57. The van der Waals surface area contributed by atoms with Crippen LogP contribution in [0, 0.1) is 0 Å². The molecule has 9 heteroatoms. The predicted octanol–water partition coefficient (Wildman–Crippen LogP) is 1.60. The summed E-state index contributed by atoms with van der Waals surface area (Å²) in [4.78, 5) is -0.0905. The van der Waals surface area contributed by atoms with Gasteiger partial charge in [0.2, 0.25) is 10.0 Å². The normalized spacial score (nSPS) is 12.7. The molecule has 1 rings (SSSR count). The van der Waals surface area contributed by atoms with Crippen molar-refractivity contribution in [1.82, 2.24) is 4.31 Å². The van der Waals surface area contributed by atoms with Gasteiger partial charge in [0.15, 0.2) is 0 Å². The molecule has 5 nitrogen and oxygen atoms in total. The minimum Gasteiger partial charge on any atom is -0.492 e. The lowest BCUT2D eigenvalue weighted by Gasteiger charge is -2.18. The monoisotopic (exact) mass is 326 g/mol. The maximum Gasteiger partial charge on any atom is 0.390 e. The standard InChI is InChI=1S/C12H17F3N2O3S/c1-17(8-6-12(13,14)15)21(18,19)11-4-2-10(3-5-11)20-9-7-16/h2-5H,6-9,16H2,1H3. The highest BCUT2D eigenvalue weighted by atomic mass is 32.2. The van der Waals surface area contributed by atoms with Gasteiger partial charge in [-0.2, -0.15) is 13.2 Å². The van der Waals surface area contributed by atoms with E-state index in [4.69, 9.17) is 10.5 Å². The van der Waals surface area contributed by atoms with Crippen molar-refractivity contribution in [2.45, 2.75) is 17.5 Å². The summed E-state index contributed by atoms with van der Waals surface area (Å²) in [5.74, 6) is 0.442. The number of ether oxygens (including phenoxy) is 1. The van der Waals surface area contributed by atoms with Gasteiger partial charge in [-0.15, -0.1) is 0 Å². The van der Waals surface area contributed by atoms with Crippen molar-refractivity contribution in [3.63, 3.8) is 0 Å². The molecule has 0 radical (unpaired) electrons. The van der Waals surface area contributed by atoms with Crippen molar-refractivity contribution in [3.8, 4) is 5.75 Å². The molecule has 0 saturated carbocycles. The van der Waals surface area contributed by atoms with Crippen LogP contribution < -0.4 is 10.5 Å². The van der Waals surface area contributed by atoms with E-state index >= 15 is 0 Å². The van der Waals surface area contributed by atoms with Crippen molar-refractivity contribution in [3.05, 3.63) is 24.3 Å². The summed E-state index contributed by atoms with van der Waals surface area (Å²) in [6.45, 7) is -0.0188. The van der Waals surface area contributed by atoms with E-state index in [1.165, 1.54) is 24.3 Å². The summed E-state index contributed by atoms with van der Waals surface area (Å²) >= 11 is 0. The summed E-state index contributed by atoms with van der Waals surface area (Å²) in [6, 6.07) is 5.43. The summed E-state index contributed by atoms with van der Waals surface area (Å²) < 4.78 is 66.4. The quantitative estimate of drug-likeness (QED) is 0.826. The average molecular weight is 326 g/mol. The van der Waals surface area contributed by atoms with Crippen LogP contribution in [0.3, 0.4) is 0 Å². The fourth-order valence-electron chi connectivity index (χ4n) is 1.47. The van der Waals surface area contributed by atoms with Crippen LogP contribution in [-0.4, -0.2) is 45.6 Å². The zero-order chi connectivity index (χ0) is 16.1. The summed E-state index contributed by atoms with van der Waals surface area (Å²) in [7, 11) is -2.83. The third-order valence-corrected chi connectivity index (χ3v) is 4.50. The highest BCUT2D eigenvalue weighted by Gasteiger charge is 2.30. The largest absolute Gasteiger partial charge is 0.492 e. The summed E-state index contributed by atoms with van der Waals surface area (Å²) in [5.41, 5.74) is 5.26. The van der Waals surface area contributed by atoms with Crippen molar-refractivity contribution >= 4 is 10.0 Å². The fraction of sp³-hybridized carbons (Fsp3) is 0.500. The Hall–Kier alpha value is -1.32. The number of hydrogen-bond donors (Lipinski definition) is 1. The number of halogens is 3. The molecule has 0 amide bonds. The zero-order valence-electron chi connectivity index (χ0n) is 11.4. The lowest BCUT2D eigenvalue weighted by atomic mass is 10.3. The molecule has 0 heterocycles. The molecule has 0 aliphatic carbocycles. The number of rotatable bonds is 7. The third-order valence-electron chi connectivity index (χ3n) is 2.63. The Balaban J connectivity index is 2.77. The molecular weight excluding hydrogens is 309 g/mol. The minimum atomic E-state index is -4.40. The Morgan fingerprint density at radius 3 is 2.29 bits per heavy atom. The first kappa shape index (κ1) is 17.7. The SMILES string of the molecule is CN(CCC(F)(F)F)S(=O)(=O)c1ccc(OCCN)cc1. The molecule has 0 aromatic heterocycles. The molecule has 1 aromatic rings. The van der Waals surface area contributed by atoms with E-state index in [2.05, 4.69) is 0 Å². The second-order valence-electron chi connectivity index (χ2n) is 4.30. The molecule has 0 unspecified atom stereocenters. The van der Waals surface area contributed by atoms with Crippen LogP contribution in [0.2, 0.25) is 0 Å². The topological polar surface area (TPSA) is 72.6 Å². The second kappa shape index (κ2) is 7.10. The number of nitrogens with zero attached hydrogens (tertiary/aromatic N) is 1. The molecular formula is C12H17F3N2O3S. The molecule has 0 aliphatic heterocycles. The van der Waals surface area contributed by atoms with E-state index in [1.807, 2.05) is 0 Å². The molecule has 0 fully saturated rings. The van der Waals surface area contributed by atoms with Gasteiger partial charge in [0.25, 0.3) is 0 Å². The Morgan fingerprint density at radius 2 is 1.81 bits per heavy atom. The smallest absolute Gasteiger partial charge is 0.390 e. The van der Waals surface area contributed by atoms with Gasteiger partial charge in [-0.05, 0) is 24.3 Å². The number of nitrogens with two attached hydrogens (primary N) is 1. The molecule has 0 aliphatic rings. The molecule has 0 saturated heterocycles. The van der Waals surface area contributed by atoms with Gasteiger partial charge in [-0.1, -0.05) is 0 Å². The third kappa shape index (κ3) is 5.52. The van der Waals surface area contributed by atoms with Gasteiger partial charge in [0, 0.05) is 20.1 Å². The summed E-state index contributed by atoms with van der Waals surface area (Å²) in [5, 5.41) is 0. The molecule has 120 valence electrons. The van der Waals surface area contributed by atoms with Crippen molar-refractivity contribution in [1.29, 1.82) is 0 Å². The van der Waals surface area contributed by atoms with E-state index in [0.717, 1.165) is 7.05 Å². The lowest BCUT2D eigenvalue weighted by Crippen LogP contribution is -2.30. The fourth-order valence-corrected chi connectivity index (χ4v) is 2.64. The first-order valence-electron chi connectivity index (χ1n) is 6.13. The van der Waals surface area contributed by atoms with Crippen molar-refractivity contribution in [2.75, 3.05) is 26.7 Å². The van der Waals surface area contributed by atoms with Crippen molar-refractivity contribution in [2.24, 2.45) is 5.73 Å². The van der Waals surface area contributed by atoms with E-state index < -0.39 is 29.2 Å². The van der Waals surface area contributed by atoms with Gasteiger partial charge in [0.05, 0.1) is 11.3 Å². The Labute approximate surface area is 121 Å². The van der Waals surface area contributed by atoms with Crippen LogP contribution in [-0.2, 0) is 10.0 Å². The van der Waals surface area contributed by atoms with Crippen LogP contribution in [0.1, 0.15) is 6.42 Å². The van der Waals surface area contributed by atoms with Crippen LogP contribution in [0.15, 0.2) is 29.2 Å². The van der Waals surface area contributed by atoms with E-state index in [-0.39, 0.29) is 11.5 Å². The van der Waals surface area contributed by atoms with Gasteiger partial charge in [0.1, 0.15) is 12.4 Å². The molecule has 21 heavy (non-hydrogen) atoms. The maximum absolute atomic E-state index is 12.1. The Morgan fingerprint density at radius 1 is 1.24 bits per heavy atom. The number of alkyl halides is 3. The van der Waals surface area contributed by atoms with Gasteiger partial charge >= 0.3 is 6.18 Å². The molecule has 0 spiro atoms. The van der Waals surface area contributed by atoms with Crippen molar-refractivity contribution < 1.29 is 26.3 Å². The number of hydrogen-bond acceptors (Lipinski definition) is 4. The lowest BCUT2D eigenvalue weighted by molar-refractivity contribution is -0.135. The van der Waals surface area contributed by atoms with Crippen LogP contribution in [0.5, 0.6) is 5.75 Å².